The molecule has 0 aliphatic carbocycles. The zero-order chi connectivity index (χ0) is 16.9. The summed E-state index contributed by atoms with van der Waals surface area (Å²) in [6.45, 7) is 0. The summed E-state index contributed by atoms with van der Waals surface area (Å²) in [5.74, 6) is 0.885. The molecule has 3 rings (SSSR count). The van der Waals surface area contributed by atoms with Crippen LogP contribution in [-0.4, -0.2) is 13.1 Å². The van der Waals surface area contributed by atoms with Crippen molar-refractivity contribution in [3.63, 3.8) is 0 Å². The second-order valence-electron chi connectivity index (χ2n) is 5.10. The molecular formula is C20H15IO3. The van der Waals surface area contributed by atoms with Gasteiger partial charge < -0.3 is 9.47 Å². The molecule has 0 radical (unpaired) electrons. The molecule has 24 heavy (non-hydrogen) atoms. The lowest BCUT2D eigenvalue weighted by molar-refractivity contribution is 0.0735. The van der Waals surface area contributed by atoms with Crippen LogP contribution in [0.25, 0.3) is 11.1 Å². The van der Waals surface area contributed by atoms with Gasteiger partial charge in [-0.1, -0.05) is 48.5 Å². The summed E-state index contributed by atoms with van der Waals surface area (Å²) < 4.78 is 11.7. The molecule has 120 valence electrons. The molecule has 4 heteroatoms. The van der Waals surface area contributed by atoms with E-state index in [9.17, 15) is 4.79 Å². The normalized spacial score (nSPS) is 10.2. The summed E-state index contributed by atoms with van der Waals surface area (Å²) in [6, 6.07) is 22.6. The number of halogens is 1. The van der Waals surface area contributed by atoms with Gasteiger partial charge in [0.2, 0.25) is 0 Å². The van der Waals surface area contributed by atoms with Crippen molar-refractivity contribution in [2.24, 2.45) is 0 Å². The number of carbonyl (C=O) groups excluding carboxylic acids is 1. The highest BCUT2D eigenvalue weighted by atomic mass is 127. The van der Waals surface area contributed by atoms with Crippen LogP contribution >= 0.6 is 22.6 Å². The van der Waals surface area contributed by atoms with Gasteiger partial charge in [0.25, 0.3) is 0 Å². The van der Waals surface area contributed by atoms with Crippen LogP contribution in [0.5, 0.6) is 11.5 Å². The van der Waals surface area contributed by atoms with Crippen molar-refractivity contribution >= 4 is 28.6 Å². The van der Waals surface area contributed by atoms with Gasteiger partial charge in [0, 0.05) is 5.56 Å². The first kappa shape index (κ1) is 16.5. The van der Waals surface area contributed by atoms with Crippen molar-refractivity contribution in [1.29, 1.82) is 0 Å². The first-order chi connectivity index (χ1) is 11.7. The van der Waals surface area contributed by atoms with Crippen LogP contribution in [0, 0.1) is 3.57 Å². The maximum absolute atomic E-state index is 12.5. The molecule has 0 unspecified atom stereocenters. The second kappa shape index (κ2) is 7.49. The molecule has 0 saturated heterocycles. The van der Waals surface area contributed by atoms with E-state index in [1.54, 1.807) is 31.4 Å². The van der Waals surface area contributed by atoms with Crippen molar-refractivity contribution in [2.75, 3.05) is 7.11 Å². The first-order valence-electron chi connectivity index (χ1n) is 7.39. The molecule has 3 aromatic rings. The van der Waals surface area contributed by atoms with Gasteiger partial charge >= 0.3 is 5.97 Å². The third kappa shape index (κ3) is 3.59. The monoisotopic (exact) mass is 430 g/mol. The molecule has 0 saturated carbocycles. The highest BCUT2D eigenvalue weighted by molar-refractivity contribution is 14.1. The van der Waals surface area contributed by atoms with E-state index < -0.39 is 0 Å². The lowest BCUT2D eigenvalue weighted by Gasteiger charge is -2.11. The summed E-state index contributed by atoms with van der Waals surface area (Å²) in [5.41, 5.74) is 2.38. The van der Waals surface area contributed by atoms with Gasteiger partial charge in [-0.25, -0.2) is 4.79 Å². The lowest BCUT2D eigenvalue weighted by Crippen LogP contribution is -2.09. The van der Waals surface area contributed by atoms with Gasteiger partial charge in [-0.15, -0.1) is 0 Å². The standard InChI is InChI=1S/C20H15IO3/c1-23-19-12-11-15(13-17(19)21)20(22)24-18-10-6-5-9-16(18)14-7-3-2-4-8-14/h2-13H,1H3. The predicted octanol–water partition coefficient (Wildman–Crippen LogP) is 5.19. The summed E-state index contributed by atoms with van der Waals surface area (Å²) in [5, 5.41) is 0. The van der Waals surface area contributed by atoms with Crippen molar-refractivity contribution < 1.29 is 14.3 Å². The van der Waals surface area contributed by atoms with E-state index in [2.05, 4.69) is 22.6 Å². The molecule has 0 aliphatic heterocycles. The van der Waals surface area contributed by atoms with Crippen molar-refractivity contribution in [3.8, 4) is 22.6 Å². The second-order valence-corrected chi connectivity index (χ2v) is 6.26. The van der Waals surface area contributed by atoms with Crippen LogP contribution < -0.4 is 9.47 Å². The molecular weight excluding hydrogens is 415 g/mol. The number of hydrogen-bond acceptors (Lipinski definition) is 3. The number of hydrogen-bond donors (Lipinski definition) is 0. The fourth-order valence-electron chi connectivity index (χ4n) is 2.36. The molecule has 0 N–H and O–H groups in total. The topological polar surface area (TPSA) is 35.5 Å². The number of para-hydroxylation sites is 1. The number of benzene rings is 3. The number of ether oxygens (including phenoxy) is 2. The SMILES string of the molecule is COc1ccc(C(=O)Oc2ccccc2-c2ccccc2)cc1I. The van der Waals surface area contributed by atoms with Crippen LogP contribution in [0.15, 0.2) is 72.8 Å². The summed E-state index contributed by atoms with van der Waals surface area (Å²) >= 11 is 2.13. The lowest BCUT2D eigenvalue weighted by atomic mass is 10.0. The van der Waals surface area contributed by atoms with E-state index >= 15 is 0 Å². The minimum Gasteiger partial charge on any atom is -0.496 e. The molecule has 0 aliphatic rings. The summed E-state index contributed by atoms with van der Waals surface area (Å²) in [7, 11) is 1.60. The fraction of sp³-hybridized carbons (Fsp3) is 0.0500. The molecule has 0 amide bonds. The molecule has 0 heterocycles. The van der Waals surface area contributed by atoms with Crippen molar-refractivity contribution in [3.05, 3.63) is 81.9 Å². The average Bonchev–Trinajstić information content (AvgIpc) is 2.63. The predicted molar refractivity (Wildman–Crippen MR) is 103 cm³/mol. The Labute approximate surface area is 154 Å². The quantitative estimate of drug-likeness (QED) is 0.325. The Balaban J connectivity index is 1.89. The van der Waals surface area contributed by atoms with E-state index in [0.29, 0.717) is 11.3 Å². The fourth-order valence-corrected chi connectivity index (χ4v) is 3.10. The van der Waals surface area contributed by atoms with Crippen molar-refractivity contribution in [1.82, 2.24) is 0 Å². The zero-order valence-electron chi connectivity index (χ0n) is 13.0. The van der Waals surface area contributed by atoms with Gasteiger partial charge in [-0.05, 0) is 52.4 Å². The summed E-state index contributed by atoms with van der Waals surface area (Å²) in [4.78, 5) is 12.5. The van der Waals surface area contributed by atoms with Gasteiger partial charge in [0.15, 0.2) is 0 Å². The van der Waals surface area contributed by atoms with E-state index in [1.165, 1.54) is 0 Å². The number of methoxy groups -OCH3 is 1. The average molecular weight is 430 g/mol. The van der Waals surface area contributed by atoms with E-state index in [-0.39, 0.29) is 5.97 Å². The van der Waals surface area contributed by atoms with Crippen LogP contribution in [0.3, 0.4) is 0 Å². The largest absolute Gasteiger partial charge is 0.496 e. The molecule has 0 atom stereocenters. The number of carbonyl (C=O) groups is 1. The smallest absolute Gasteiger partial charge is 0.343 e. The Kier molecular flexibility index (Phi) is 5.15. The maximum Gasteiger partial charge on any atom is 0.343 e. The Morgan fingerprint density at radius 3 is 2.29 bits per heavy atom. The van der Waals surface area contributed by atoms with Gasteiger partial charge in [0.1, 0.15) is 11.5 Å². The van der Waals surface area contributed by atoms with Crippen molar-refractivity contribution in [2.45, 2.75) is 0 Å². The van der Waals surface area contributed by atoms with Crippen LogP contribution in [0.1, 0.15) is 10.4 Å². The highest BCUT2D eigenvalue weighted by Gasteiger charge is 2.14. The van der Waals surface area contributed by atoms with E-state index in [1.807, 2.05) is 48.5 Å². The third-order valence-corrected chi connectivity index (χ3v) is 4.41. The highest BCUT2D eigenvalue weighted by Crippen LogP contribution is 2.30. The van der Waals surface area contributed by atoms with Gasteiger partial charge in [-0.3, -0.25) is 0 Å². The molecule has 0 fully saturated rings. The minimum atomic E-state index is -0.390. The van der Waals surface area contributed by atoms with E-state index in [0.717, 1.165) is 20.4 Å². The Morgan fingerprint density at radius 2 is 1.58 bits per heavy atom. The maximum atomic E-state index is 12.5. The minimum absolute atomic E-state index is 0.390. The Hall–Kier alpha value is -2.34. The summed E-state index contributed by atoms with van der Waals surface area (Å²) in [6.07, 6.45) is 0. The van der Waals surface area contributed by atoms with Crippen LogP contribution in [0.2, 0.25) is 0 Å². The number of esters is 1. The zero-order valence-corrected chi connectivity index (χ0v) is 15.2. The third-order valence-electron chi connectivity index (χ3n) is 3.56. The van der Waals surface area contributed by atoms with Crippen LogP contribution in [0.4, 0.5) is 0 Å². The van der Waals surface area contributed by atoms with E-state index in [4.69, 9.17) is 9.47 Å². The molecule has 0 spiro atoms. The molecule has 0 bridgehead atoms. The van der Waals surface area contributed by atoms with Gasteiger partial charge in [0.05, 0.1) is 16.2 Å². The van der Waals surface area contributed by atoms with Gasteiger partial charge in [-0.2, -0.15) is 0 Å². The molecule has 3 aromatic carbocycles. The van der Waals surface area contributed by atoms with Crippen LogP contribution in [-0.2, 0) is 0 Å². The first-order valence-corrected chi connectivity index (χ1v) is 8.47. The molecule has 0 aromatic heterocycles. The molecule has 3 nitrogen and oxygen atoms in total. The Bertz CT molecular complexity index is 860. The Morgan fingerprint density at radius 1 is 0.875 bits per heavy atom. The number of rotatable bonds is 4.